The molecule has 2 aliphatic heterocycles. The van der Waals surface area contributed by atoms with E-state index in [-0.39, 0.29) is 30.5 Å². The third-order valence-corrected chi connectivity index (χ3v) is 5.26. The molecule has 1 N–H and O–H groups in total. The molecule has 30 heavy (non-hydrogen) atoms. The highest BCUT2D eigenvalue weighted by Gasteiger charge is 2.45. The second-order valence-corrected chi connectivity index (χ2v) is 7.90. The van der Waals surface area contributed by atoms with Crippen LogP contribution in [0.4, 0.5) is 10.1 Å². The molecule has 0 spiro atoms. The van der Waals surface area contributed by atoms with Gasteiger partial charge in [-0.05, 0) is 48.2 Å². The van der Waals surface area contributed by atoms with Crippen LogP contribution in [0.25, 0.3) is 0 Å². The number of benzene rings is 2. The number of ketones is 1. The quantitative estimate of drug-likeness (QED) is 0.790. The zero-order valence-corrected chi connectivity index (χ0v) is 16.9. The standard InChI is InChI=1S/C23H22FNO5/c1-12(2)8-17(26)20-21(16-6-4-14(24)9-13(16)3)25(23(28)22(20)27)15-5-7-18-19(10-15)30-11-29-18/h4-7,9-10,12,21,27H,8,11H2,1-3H3. The fourth-order valence-electron chi connectivity index (χ4n) is 3.91. The van der Waals surface area contributed by atoms with Crippen molar-refractivity contribution in [2.75, 3.05) is 11.7 Å². The summed E-state index contributed by atoms with van der Waals surface area (Å²) in [7, 11) is 0. The number of aliphatic hydroxyl groups excluding tert-OH is 1. The summed E-state index contributed by atoms with van der Waals surface area (Å²) in [4.78, 5) is 27.5. The topological polar surface area (TPSA) is 76.1 Å². The lowest BCUT2D eigenvalue weighted by Crippen LogP contribution is -2.31. The predicted molar refractivity (Wildman–Crippen MR) is 108 cm³/mol. The number of Topliss-reactive ketones (excluding diaryl/α,β-unsaturated/α-hetero) is 1. The summed E-state index contributed by atoms with van der Waals surface area (Å²) in [6.45, 7) is 5.57. The average Bonchev–Trinajstić information content (AvgIpc) is 3.23. The van der Waals surface area contributed by atoms with Gasteiger partial charge in [0.15, 0.2) is 23.0 Å². The van der Waals surface area contributed by atoms with Gasteiger partial charge in [0.2, 0.25) is 6.79 Å². The molecule has 7 heteroatoms. The number of aryl methyl sites for hydroxylation is 1. The first-order valence-corrected chi connectivity index (χ1v) is 9.73. The van der Waals surface area contributed by atoms with E-state index in [0.717, 1.165) is 0 Å². The molecule has 2 aromatic carbocycles. The number of amides is 1. The minimum atomic E-state index is -0.871. The Morgan fingerprint density at radius 2 is 1.93 bits per heavy atom. The molecule has 156 valence electrons. The smallest absolute Gasteiger partial charge is 0.294 e. The molecular weight excluding hydrogens is 389 g/mol. The van der Waals surface area contributed by atoms with Gasteiger partial charge in [0.25, 0.3) is 5.91 Å². The Balaban J connectivity index is 1.86. The lowest BCUT2D eigenvalue weighted by atomic mass is 9.90. The summed E-state index contributed by atoms with van der Waals surface area (Å²) in [5.74, 6) is -0.931. The minimum absolute atomic E-state index is 0.0288. The van der Waals surface area contributed by atoms with Crippen molar-refractivity contribution in [1.29, 1.82) is 0 Å². The van der Waals surface area contributed by atoms with Gasteiger partial charge >= 0.3 is 0 Å². The van der Waals surface area contributed by atoms with Gasteiger partial charge in [0, 0.05) is 18.2 Å². The summed E-state index contributed by atoms with van der Waals surface area (Å²) in [5, 5.41) is 10.7. The molecule has 2 aromatic rings. The average molecular weight is 411 g/mol. The maximum atomic E-state index is 13.7. The summed E-state index contributed by atoms with van der Waals surface area (Å²) >= 11 is 0. The normalized spacial score (nSPS) is 18.0. The van der Waals surface area contributed by atoms with Gasteiger partial charge in [-0.15, -0.1) is 0 Å². The van der Waals surface area contributed by atoms with Crippen LogP contribution in [0, 0.1) is 18.7 Å². The van der Waals surface area contributed by atoms with Gasteiger partial charge in [0.1, 0.15) is 5.82 Å². The van der Waals surface area contributed by atoms with Gasteiger partial charge in [0.05, 0.1) is 11.6 Å². The Bertz CT molecular complexity index is 1080. The van der Waals surface area contributed by atoms with Crippen LogP contribution in [0.15, 0.2) is 47.7 Å². The van der Waals surface area contributed by atoms with Crippen molar-refractivity contribution in [2.24, 2.45) is 5.92 Å². The van der Waals surface area contributed by atoms with Gasteiger partial charge in [-0.1, -0.05) is 19.9 Å². The number of ether oxygens (including phenoxy) is 2. The highest BCUT2D eigenvalue weighted by molar-refractivity contribution is 6.16. The largest absolute Gasteiger partial charge is 0.503 e. The lowest BCUT2D eigenvalue weighted by molar-refractivity contribution is -0.118. The molecule has 0 aliphatic carbocycles. The van der Waals surface area contributed by atoms with Crippen LogP contribution < -0.4 is 14.4 Å². The number of fused-ring (bicyclic) bond motifs is 1. The number of hydrogen-bond donors (Lipinski definition) is 1. The molecular formula is C23H22FNO5. The molecule has 0 bridgehead atoms. The van der Waals surface area contributed by atoms with Crippen LogP contribution in [0.2, 0.25) is 0 Å². The van der Waals surface area contributed by atoms with Crippen LogP contribution in [-0.2, 0) is 9.59 Å². The van der Waals surface area contributed by atoms with E-state index in [1.54, 1.807) is 31.2 Å². The van der Waals surface area contributed by atoms with E-state index < -0.39 is 23.5 Å². The number of halogens is 1. The molecule has 1 unspecified atom stereocenters. The number of anilines is 1. The van der Waals surface area contributed by atoms with E-state index in [9.17, 15) is 19.1 Å². The van der Waals surface area contributed by atoms with Crippen molar-refractivity contribution < 1.29 is 28.6 Å². The highest BCUT2D eigenvalue weighted by Crippen LogP contribution is 2.45. The maximum Gasteiger partial charge on any atom is 0.294 e. The number of carbonyl (C=O) groups is 2. The van der Waals surface area contributed by atoms with Crippen molar-refractivity contribution in [3.05, 3.63) is 64.7 Å². The first kappa shape index (κ1) is 19.9. The molecule has 2 aliphatic rings. The number of nitrogens with zero attached hydrogens (tertiary/aromatic N) is 1. The first-order chi connectivity index (χ1) is 14.3. The van der Waals surface area contributed by atoms with E-state index >= 15 is 0 Å². The number of carbonyl (C=O) groups excluding carboxylic acids is 2. The van der Waals surface area contributed by atoms with Crippen molar-refractivity contribution in [3.63, 3.8) is 0 Å². The molecule has 0 saturated carbocycles. The molecule has 0 saturated heterocycles. The molecule has 0 radical (unpaired) electrons. The van der Waals surface area contributed by atoms with Crippen LogP contribution in [0.5, 0.6) is 11.5 Å². The second kappa shape index (κ2) is 7.48. The number of aliphatic hydroxyl groups is 1. The first-order valence-electron chi connectivity index (χ1n) is 9.73. The van der Waals surface area contributed by atoms with Crippen molar-refractivity contribution in [2.45, 2.75) is 33.2 Å². The Morgan fingerprint density at radius 3 is 2.63 bits per heavy atom. The summed E-state index contributed by atoms with van der Waals surface area (Å²) < 4.78 is 24.5. The number of hydrogen-bond acceptors (Lipinski definition) is 5. The van der Waals surface area contributed by atoms with Gasteiger partial charge in [-0.25, -0.2) is 4.39 Å². The van der Waals surface area contributed by atoms with Gasteiger partial charge < -0.3 is 14.6 Å². The molecule has 1 atom stereocenters. The third-order valence-electron chi connectivity index (χ3n) is 5.26. The van der Waals surface area contributed by atoms with Crippen molar-refractivity contribution >= 4 is 17.4 Å². The summed E-state index contributed by atoms with van der Waals surface area (Å²) in [6, 6.07) is 8.27. The van der Waals surface area contributed by atoms with Gasteiger partial charge in [-0.3, -0.25) is 14.5 Å². The second-order valence-electron chi connectivity index (χ2n) is 7.90. The van der Waals surface area contributed by atoms with Gasteiger partial charge in [-0.2, -0.15) is 0 Å². The van der Waals surface area contributed by atoms with E-state index in [0.29, 0.717) is 28.3 Å². The molecule has 0 fully saturated rings. The minimum Gasteiger partial charge on any atom is -0.503 e. The zero-order valence-electron chi connectivity index (χ0n) is 16.9. The Labute approximate surface area is 173 Å². The molecule has 2 heterocycles. The van der Waals surface area contributed by atoms with Crippen molar-refractivity contribution in [3.8, 4) is 11.5 Å². The van der Waals surface area contributed by atoms with Crippen LogP contribution in [0.1, 0.15) is 37.4 Å². The zero-order chi connectivity index (χ0) is 21.6. The maximum absolute atomic E-state index is 13.7. The predicted octanol–water partition coefficient (Wildman–Crippen LogP) is 4.38. The van der Waals surface area contributed by atoms with E-state index in [4.69, 9.17) is 9.47 Å². The molecule has 1 amide bonds. The SMILES string of the molecule is Cc1cc(F)ccc1C1C(C(=O)CC(C)C)=C(O)C(=O)N1c1ccc2c(c1)OCO2. The van der Waals surface area contributed by atoms with E-state index in [2.05, 4.69) is 0 Å². The van der Waals surface area contributed by atoms with E-state index in [1.807, 2.05) is 13.8 Å². The monoisotopic (exact) mass is 411 g/mol. The van der Waals surface area contributed by atoms with Crippen LogP contribution in [0.3, 0.4) is 0 Å². The molecule has 4 rings (SSSR count). The Kier molecular flexibility index (Phi) is 4.97. The molecule has 6 nitrogen and oxygen atoms in total. The fourth-order valence-corrected chi connectivity index (χ4v) is 3.91. The summed E-state index contributed by atoms with van der Waals surface area (Å²) in [6.07, 6.45) is 0.179. The lowest BCUT2D eigenvalue weighted by Gasteiger charge is -2.28. The highest BCUT2D eigenvalue weighted by atomic mass is 19.1. The third kappa shape index (κ3) is 3.30. The van der Waals surface area contributed by atoms with Crippen LogP contribution >= 0.6 is 0 Å². The number of rotatable bonds is 5. The fraction of sp³-hybridized carbons (Fsp3) is 0.304. The van der Waals surface area contributed by atoms with E-state index in [1.165, 1.54) is 17.0 Å². The molecule has 0 aromatic heterocycles. The Morgan fingerprint density at radius 1 is 1.20 bits per heavy atom. The van der Waals surface area contributed by atoms with Crippen molar-refractivity contribution in [1.82, 2.24) is 0 Å². The summed E-state index contributed by atoms with van der Waals surface area (Å²) in [5.41, 5.74) is 1.61. The van der Waals surface area contributed by atoms with Crippen LogP contribution in [-0.4, -0.2) is 23.6 Å². The Hall–Kier alpha value is -3.35.